The number of aliphatic hydroxyl groups is 1. The van der Waals surface area contributed by atoms with Gasteiger partial charge in [0.1, 0.15) is 23.5 Å². The number of ether oxygens (including phenoxy) is 3. The lowest BCUT2D eigenvalue weighted by Gasteiger charge is -2.39. The van der Waals surface area contributed by atoms with Crippen LogP contribution in [-0.2, 0) is 28.7 Å². The summed E-state index contributed by atoms with van der Waals surface area (Å²) >= 11 is 3.74. The van der Waals surface area contributed by atoms with Crippen LogP contribution in [0.1, 0.15) is 58.1 Å². The Hall–Kier alpha value is -4.00. The molecule has 0 radical (unpaired) electrons. The first-order chi connectivity index (χ1) is 24.9. The molecule has 1 spiro atoms. The number of fused-ring (bicyclic) bond motifs is 1. The first-order valence-electron chi connectivity index (χ1n) is 17.9. The van der Waals surface area contributed by atoms with Crippen molar-refractivity contribution in [3.63, 3.8) is 0 Å². The predicted molar refractivity (Wildman–Crippen MR) is 201 cm³/mol. The van der Waals surface area contributed by atoms with Crippen molar-refractivity contribution in [3.05, 3.63) is 85.5 Å². The molecule has 9 atom stereocenters. The minimum Gasteiger partial charge on any atom is -0.497 e. The third-order valence-electron chi connectivity index (χ3n) is 10.3. The Morgan fingerprint density at radius 2 is 1.81 bits per heavy atom. The topological polar surface area (TPSA) is 135 Å². The third-order valence-corrected chi connectivity index (χ3v) is 11.2. The number of nitrogens with one attached hydrogen (secondary N) is 1. The van der Waals surface area contributed by atoms with Crippen LogP contribution >= 0.6 is 15.9 Å². The minimum absolute atomic E-state index is 0.0845. The molecular weight excluding hydrogens is 730 g/mol. The number of aliphatic hydroxyl groups excluding tert-OH is 1. The molecule has 0 aromatic heterocycles. The summed E-state index contributed by atoms with van der Waals surface area (Å²) < 4.78 is 18.4. The zero-order valence-corrected chi connectivity index (χ0v) is 31.9. The Labute approximate surface area is 314 Å². The van der Waals surface area contributed by atoms with Gasteiger partial charge in [-0.05, 0) is 61.9 Å². The Morgan fingerprint density at radius 1 is 1.12 bits per heavy atom. The second kappa shape index (κ2) is 16.8. The summed E-state index contributed by atoms with van der Waals surface area (Å²) in [5.41, 5.74) is -0.151. The summed E-state index contributed by atoms with van der Waals surface area (Å²) in [7, 11) is 1.56. The highest BCUT2D eigenvalue weighted by Gasteiger charge is 2.77. The van der Waals surface area contributed by atoms with E-state index >= 15 is 4.79 Å². The Bertz CT molecular complexity index is 1620. The number of hydrogen-bond acceptors (Lipinski definition) is 8. The van der Waals surface area contributed by atoms with Gasteiger partial charge in [-0.2, -0.15) is 0 Å². The standard InChI is InChI=1S/C40H50BrN3O8/c1-7-9-15-31(46)42-25(5)34(26-13-11-10-12-14-26)51-39(49)32-33-37(47)44(28(23-45)21-24(3)4)36(40(33)22-30(41)35(32)52-40)38(48)43(20-8-2)27-16-18-29(50-6)19-17-27/h7-8,10-14,16-19,24-25,28,30,32-36,45H,1-2,9,15,20-23H2,3-6H3,(H,42,46)/t25-,28-,30?,32+,33-,34-,35+,36+,40-/m1/s1. The molecule has 1 unspecified atom stereocenters. The zero-order valence-electron chi connectivity index (χ0n) is 30.3. The van der Waals surface area contributed by atoms with Crippen molar-refractivity contribution in [2.45, 2.75) is 87.2 Å². The van der Waals surface area contributed by atoms with E-state index in [1.165, 1.54) is 4.90 Å². The Morgan fingerprint density at radius 3 is 2.40 bits per heavy atom. The van der Waals surface area contributed by atoms with Crippen LogP contribution in [-0.4, -0.2) is 88.6 Å². The van der Waals surface area contributed by atoms with E-state index in [1.54, 1.807) is 55.4 Å². The van der Waals surface area contributed by atoms with Crippen LogP contribution < -0.4 is 15.0 Å². The van der Waals surface area contributed by atoms with Gasteiger partial charge in [0.25, 0.3) is 5.91 Å². The molecule has 5 rings (SSSR count). The van der Waals surface area contributed by atoms with Crippen molar-refractivity contribution in [1.82, 2.24) is 10.2 Å². The quantitative estimate of drug-likeness (QED) is 0.128. The lowest BCUT2D eigenvalue weighted by Crippen LogP contribution is -2.59. The number of alkyl halides is 1. The van der Waals surface area contributed by atoms with Gasteiger partial charge in [0.15, 0.2) is 0 Å². The number of likely N-dealkylation sites (tertiary alicyclic amines) is 1. The van der Waals surface area contributed by atoms with Gasteiger partial charge in [-0.1, -0.05) is 72.3 Å². The molecular formula is C40H50BrN3O8. The monoisotopic (exact) mass is 779 g/mol. The summed E-state index contributed by atoms with van der Waals surface area (Å²) in [5, 5.41) is 13.7. The summed E-state index contributed by atoms with van der Waals surface area (Å²) in [6, 6.07) is 13.7. The number of esters is 1. The molecule has 3 amide bonds. The van der Waals surface area contributed by atoms with Crippen LogP contribution in [0, 0.1) is 17.8 Å². The number of halogens is 1. The van der Waals surface area contributed by atoms with E-state index in [0.29, 0.717) is 29.8 Å². The smallest absolute Gasteiger partial charge is 0.313 e. The fraction of sp³-hybridized carbons (Fsp3) is 0.500. The molecule has 3 saturated heterocycles. The van der Waals surface area contributed by atoms with E-state index in [1.807, 2.05) is 44.2 Å². The SMILES string of the molecule is C=CCCC(=O)N[C@H](C)[C@@H](OC(=O)[C@@H]1[C@H]2O[C@@]3(CC2Br)[C@H](C(=O)N(CC=C)c2ccc(OC)cc2)N([C@@H](CO)CC(C)C)C(=O)[C@@H]13)c1ccccc1. The van der Waals surface area contributed by atoms with E-state index in [0.717, 1.165) is 0 Å². The van der Waals surface area contributed by atoms with Crippen LogP contribution in [0.2, 0.25) is 0 Å². The minimum atomic E-state index is -1.39. The van der Waals surface area contributed by atoms with Crippen LogP contribution in [0.3, 0.4) is 0 Å². The van der Waals surface area contributed by atoms with Gasteiger partial charge >= 0.3 is 5.97 Å². The molecule has 3 fully saturated rings. The summed E-state index contributed by atoms with van der Waals surface area (Å²) in [6.45, 7) is 13.1. The number of allylic oxidation sites excluding steroid dienone is 1. The number of nitrogens with zero attached hydrogens (tertiary/aromatic N) is 2. The van der Waals surface area contributed by atoms with Gasteiger partial charge in [0.2, 0.25) is 11.8 Å². The van der Waals surface area contributed by atoms with Gasteiger partial charge < -0.3 is 34.4 Å². The van der Waals surface area contributed by atoms with E-state index in [-0.39, 0.29) is 42.6 Å². The molecule has 0 saturated carbocycles. The van der Waals surface area contributed by atoms with Gasteiger partial charge in [0, 0.05) is 23.5 Å². The lowest BCUT2D eigenvalue weighted by molar-refractivity contribution is -0.162. The Kier molecular flexibility index (Phi) is 12.6. The van der Waals surface area contributed by atoms with Crippen molar-refractivity contribution in [2.24, 2.45) is 17.8 Å². The second-order valence-electron chi connectivity index (χ2n) is 14.3. The maximum atomic E-state index is 15.0. The average Bonchev–Trinajstić information content (AvgIpc) is 3.73. The Balaban J connectivity index is 1.55. The van der Waals surface area contributed by atoms with Crippen LogP contribution in [0.5, 0.6) is 5.75 Å². The summed E-state index contributed by atoms with van der Waals surface area (Å²) in [6.07, 6.45) is 3.08. The largest absolute Gasteiger partial charge is 0.497 e. The van der Waals surface area contributed by atoms with Crippen molar-refractivity contribution >= 4 is 45.3 Å². The predicted octanol–water partition coefficient (Wildman–Crippen LogP) is 5.12. The normalized spacial score (nSPS) is 26.3. The fourth-order valence-corrected chi connectivity index (χ4v) is 9.07. The highest BCUT2D eigenvalue weighted by molar-refractivity contribution is 9.09. The lowest BCUT2D eigenvalue weighted by atomic mass is 9.70. The van der Waals surface area contributed by atoms with E-state index in [2.05, 4.69) is 34.4 Å². The molecule has 11 nitrogen and oxygen atoms in total. The van der Waals surface area contributed by atoms with E-state index < -0.39 is 65.6 Å². The fourth-order valence-electron chi connectivity index (χ4n) is 8.13. The number of anilines is 1. The number of benzene rings is 2. The number of methoxy groups -OCH3 is 1. The molecule has 3 heterocycles. The van der Waals surface area contributed by atoms with Crippen molar-refractivity contribution < 1.29 is 38.5 Å². The van der Waals surface area contributed by atoms with Crippen molar-refractivity contribution in [2.75, 3.05) is 25.2 Å². The van der Waals surface area contributed by atoms with Crippen LogP contribution in [0.15, 0.2) is 79.9 Å². The number of amides is 3. The average molecular weight is 781 g/mol. The highest BCUT2D eigenvalue weighted by Crippen LogP contribution is 2.61. The first kappa shape index (κ1) is 39.2. The van der Waals surface area contributed by atoms with Gasteiger partial charge in [-0.25, -0.2) is 0 Å². The zero-order chi connectivity index (χ0) is 37.7. The number of carbonyl (C=O) groups excluding carboxylic acids is 4. The number of rotatable bonds is 17. The third kappa shape index (κ3) is 7.56. The van der Waals surface area contributed by atoms with Crippen LogP contribution in [0.4, 0.5) is 5.69 Å². The van der Waals surface area contributed by atoms with Crippen molar-refractivity contribution in [1.29, 1.82) is 0 Å². The number of hydrogen-bond donors (Lipinski definition) is 2. The molecule has 2 aromatic carbocycles. The molecule has 2 aromatic rings. The summed E-state index contributed by atoms with van der Waals surface area (Å²) in [5.74, 6) is -3.13. The molecule has 52 heavy (non-hydrogen) atoms. The molecule has 0 aliphatic carbocycles. The van der Waals surface area contributed by atoms with E-state index in [9.17, 15) is 19.5 Å². The van der Waals surface area contributed by atoms with Gasteiger partial charge in [-0.3, -0.25) is 19.2 Å². The second-order valence-corrected chi connectivity index (χ2v) is 15.4. The number of carbonyl (C=O) groups is 4. The summed E-state index contributed by atoms with van der Waals surface area (Å²) in [4.78, 5) is 59.8. The maximum absolute atomic E-state index is 15.0. The first-order valence-corrected chi connectivity index (χ1v) is 18.8. The van der Waals surface area contributed by atoms with Crippen LogP contribution in [0.25, 0.3) is 0 Å². The van der Waals surface area contributed by atoms with E-state index in [4.69, 9.17) is 14.2 Å². The molecule has 3 aliphatic rings. The molecule has 280 valence electrons. The van der Waals surface area contributed by atoms with Crippen molar-refractivity contribution in [3.8, 4) is 5.75 Å². The highest BCUT2D eigenvalue weighted by atomic mass is 79.9. The molecule has 2 bridgehead atoms. The van der Waals surface area contributed by atoms with Gasteiger partial charge in [0.05, 0.1) is 43.7 Å². The molecule has 12 heteroatoms. The molecule has 3 aliphatic heterocycles. The maximum Gasteiger partial charge on any atom is 0.313 e. The molecule has 2 N–H and O–H groups in total. The van der Waals surface area contributed by atoms with Gasteiger partial charge in [-0.15, -0.1) is 13.2 Å².